The molecule has 3 aliphatic rings. The summed E-state index contributed by atoms with van der Waals surface area (Å²) in [4.78, 5) is 32.4. The smallest absolute Gasteiger partial charge is 0.231 e. The average molecular weight is 393 g/mol. The van der Waals surface area contributed by atoms with Gasteiger partial charge in [-0.15, -0.1) is 0 Å². The Morgan fingerprint density at radius 1 is 1.41 bits per heavy atom. The molecule has 8 heteroatoms. The van der Waals surface area contributed by atoms with E-state index in [1.54, 1.807) is 28.2 Å². The van der Waals surface area contributed by atoms with E-state index >= 15 is 0 Å². The topological polar surface area (TPSA) is 89.4 Å². The number of aromatic nitrogens is 3. The van der Waals surface area contributed by atoms with Crippen LogP contribution in [0.2, 0.25) is 0 Å². The van der Waals surface area contributed by atoms with E-state index in [0.29, 0.717) is 18.8 Å². The number of pyridine rings is 1. The fraction of sp³-hybridized carbons (Fsp3) is 0.429. The lowest BCUT2D eigenvalue weighted by Gasteiger charge is -2.23. The van der Waals surface area contributed by atoms with Crippen molar-refractivity contribution in [2.75, 3.05) is 11.9 Å². The minimum absolute atomic E-state index is 0.0551. The summed E-state index contributed by atoms with van der Waals surface area (Å²) in [6.07, 6.45) is 8.63. The third-order valence-electron chi connectivity index (χ3n) is 5.96. The Labute approximate surface area is 168 Å². The zero-order valence-corrected chi connectivity index (χ0v) is 16.4. The van der Waals surface area contributed by atoms with E-state index in [-0.39, 0.29) is 24.0 Å². The average Bonchev–Trinajstić information content (AvgIpc) is 3.44. The number of carbonyl (C=O) groups is 2. The van der Waals surface area contributed by atoms with Crippen molar-refractivity contribution in [2.45, 2.75) is 38.1 Å². The van der Waals surface area contributed by atoms with Crippen molar-refractivity contribution in [1.29, 1.82) is 0 Å². The van der Waals surface area contributed by atoms with Crippen LogP contribution in [0.15, 0.2) is 48.9 Å². The molecule has 29 heavy (non-hydrogen) atoms. The number of nitrogens with zero attached hydrogens (tertiary/aromatic N) is 4. The Morgan fingerprint density at radius 3 is 3.00 bits per heavy atom. The first-order valence-electron chi connectivity index (χ1n) is 9.88. The molecule has 8 nitrogen and oxygen atoms in total. The van der Waals surface area contributed by atoms with Crippen molar-refractivity contribution in [1.82, 2.24) is 19.7 Å². The minimum Gasteiger partial charge on any atom is -0.360 e. The summed E-state index contributed by atoms with van der Waals surface area (Å²) in [7, 11) is 0. The maximum Gasteiger partial charge on any atom is 0.231 e. The van der Waals surface area contributed by atoms with Gasteiger partial charge < -0.3 is 15.0 Å². The molecule has 5 rings (SSSR count). The second-order valence-electron chi connectivity index (χ2n) is 8.21. The van der Waals surface area contributed by atoms with Gasteiger partial charge in [-0.2, -0.15) is 5.10 Å². The molecule has 3 aliphatic heterocycles. The second-order valence-corrected chi connectivity index (χ2v) is 8.21. The fourth-order valence-corrected chi connectivity index (χ4v) is 4.61. The predicted octanol–water partition coefficient (Wildman–Crippen LogP) is 1.78. The molecule has 0 aromatic carbocycles. The predicted molar refractivity (Wildman–Crippen MR) is 105 cm³/mol. The summed E-state index contributed by atoms with van der Waals surface area (Å²) in [6, 6.07) is 5.84. The Kier molecular flexibility index (Phi) is 4.06. The Bertz CT molecular complexity index is 985. The van der Waals surface area contributed by atoms with Crippen LogP contribution in [0.4, 0.5) is 5.69 Å². The first kappa shape index (κ1) is 18.1. The molecular weight excluding hydrogens is 370 g/mol. The van der Waals surface area contributed by atoms with Crippen molar-refractivity contribution in [2.24, 2.45) is 11.8 Å². The molecule has 2 amide bonds. The van der Waals surface area contributed by atoms with E-state index in [2.05, 4.69) is 15.4 Å². The lowest BCUT2D eigenvalue weighted by molar-refractivity contribution is -0.136. The van der Waals surface area contributed by atoms with Crippen LogP contribution in [-0.4, -0.2) is 49.7 Å². The third-order valence-corrected chi connectivity index (χ3v) is 5.96. The summed E-state index contributed by atoms with van der Waals surface area (Å²) in [5, 5.41) is 7.18. The zero-order valence-electron chi connectivity index (χ0n) is 16.4. The number of anilines is 1. The molecular formula is C21H23N5O3. The summed E-state index contributed by atoms with van der Waals surface area (Å²) in [5.41, 5.74) is 0.721. The molecule has 0 aliphatic carbocycles. The van der Waals surface area contributed by atoms with Gasteiger partial charge >= 0.3 is 0 Å². The summed E-state index contributed by atoms with van der Waals surface area (Å²) >= 11 is 0. The van der Waals surface area contributed by atoms with Crippen molar-refractivity contribution < 1.29 is 14.3 Å². The van der Waals surface area contributed by atoms with Gasteiger partial charge in [0.1, 0.15) is 5.60 Å². The van der Waals surface area contributed by atoms with E-state index in [1.165, 1.54) is 0 Å². The number of carbonyl (C=O) groups excluding carboxylic acids is 2. The molecule has 0 saturated carbocycles. The molecule has 5 heterocycles. The molecule has 2 fully saturated rings. The number of amides is 2. The van der Waals surface area contributed by atoms with Gasteiger partial charge in [0.15, 0.2) is 0 Å². The van der Waals surface area contributed by atoms with E-state index in [0.717, 1.165) is 5.69 Å². The number of likely N-dealkylation sites (tertiary alicyclic amines) is 1. The molecule has 2 bridgehead atoms. The van der Waals surface area contributed by atoms with Gasteiger partial charge in [0.2, 0.25) is 11.8 Å². The van der Waals surface area contributed by atoms with Gasteiger partial charge in [0.05, 0.1) is 48.6 Å². The molecule has 0 unspecified atom stereocenters. The number of hydrogen-bond acceptors (Lipinski definition) is 5. The molecule has 0 radical (unpaired) electrons. The van der Waals surface area contributed by atoms with Gasteiger partial charge in [-0.25, -0.2) is 0 Å². The highest BCUT2D eigenvalue weighted by Gasteiger charge is 2.66. The van der Waals surface area contributed by atoms with Crippen molar-refractivity contribution >= 4 is 17.5 Å². The number of rotatable bonds is 5. The molecule has 1 spiro atoms. The molecule has 1 N–H and O–H groups in total. The van der Waals surface area contributed by atoms with Crippen molar-refractivity contribution in [3.63, 3.8) is 0 Å². The van der Waals surface area contributed by atoms with Crippen LogP contribution < -0.4 is 5.32 Å². The fourth-order valence-electron chi connectivity index (χ4n) is 4.61. The Morgan fingerprint density at radius 2 is 2.28 bits per heavy atom. The molecule has 2 saturated heterocycles. The quantitative estimate of drug-likeness (QED) is 0.782. The van der Waals surface area contributed by atoms with Crippen LogP contribution in [0.1, 0.15) is 25.6 Å². The van der Waals surface area contributed by atoms with E-state index in [9.17, 15) is 9.59 Å². The number of fused-ring (bicyclic) bond motifs is 1. The van der Waals surface area contributed by atoms with E-state index < -0.39 is 17.4 Å². The van der Waals surface area contributed by atoms with Gasteiger partial charge in [0.25, 0.3) is 0 Å². The lowest BCUT2D eigenvalue weighted by Crippen LogP contribution is -2.41. The SMILES string of the molecule is CC(C)n1cc(NC(=O)[C@H]2[C@H]3C=C[C@]4(CN(Cc5ccccn5)C(=O)[C@@H]24)O3)cn1. The third kappa shape index (κ3) is 2.86. The summed E-state index contributed by atoms with van der Waals surface area (Å²) in [5.74, 6) is -1.33. The van der Waals surface area contributed by atoms with E-state index in [4.69, 9.17) is 4.74 Å². The monoisotopic (exact) mass is 393 g/mol. The van der Waals surface area contributed by atoms with Crippen LogP contribution in [-0.2, 0) is 20.9 Å². The van der Waals surface area contributed by atoms with Crippen molar-refractivity contribution in [3.8, 4) is 0 Å². The lowest BCUT2D eigenvalue weighted by atomic mass is 9.77. The van der Waals surface area contributed by atoms with Crippen molar-refractivity contribution in [3.05, 3.63) is 54.6 Å². The largest absolute Gasteiger partial charge is 0.360 e. The molecule has 150 valence electrons. The summed E-state index contributed by atoms with van der Waals surface area (Å²) in [6.45, 7) is 4.89. The molecule has 2 aromatic heterocycles. The van der Waals surface area contributed by atoms with Crippen LogP contribution in [0.25, 0.3) is 0 Å². The van der Waals surface area contributed by atoms with Crippen LogP contribution in [0.5, 0.6) is 0 Å². The second kappa shape index (κ2) is 6.52. The van der Waals surface area contributed by atoms with Gasteiger partial charge in [0, 0.05) is 18.4 Å². The zero-order chi connectivity index (χ0) is 20.2. The van der Waals surface area contributed by atoms with Gasteiger partial charge in [-0.3, -0.25) is 19.3 Å². The van der Waals surface area contributed by atoms with Crippen LogP contribution in [0, 0.1) is 11.8 Å². The Hall–Kier alpha value is -3.00. The van der Waals surface area contributed by atoms with Crippen LogP contribution >= 0.6 is 0 Å². The number of nitrogens with one attached hydrogen (secondary N) is 1. The molecule has 2 aromatic rings. The first-order chi connectivity index (χ1) is 14.0. The highest BCUT2D eigenvalue weighted by Crippen LogP contribution is 2.52. The highest BCUT2D eigenvalue weighted by atomic mass is 16.5. The molecule has 4 atom stereocenters. The van der Waals surface area contributed by atoms with Gasteiger partial charge in [-0.05, 0) is 26.0 Å². The maximum atomic E-state index is 13.2. The normalized spacial score (nSPS) is 29.7. The van der Waals surface area contributed by atoms with Crippen LogP contribution in [0.3, 0.4) is 0 Å². The Balaban J connectivity index is 1.36. The number of ether oxygens (including phenoxy) is 1. The first-order valence-corrected chi connectivity index (χ1v) is 9.88. The summed E-state index contributed by atoms with van der Waals surface area (Å²) < 4.78 is 7.94. The minimum atomic E-state index is -0.722. The highest BCUT2D eigenvalue weighted by molar-refractivity contribution is 5.99. The number of hydrogen-bond donors (Lipinski definition) is 1. The standard InChI is InChI=1S/C21H23N5O3/c1-13(2)26-11-15(9-23-26)24-19(27)17-16-6-7-21(29-16)12-25(20(28)18(17)21)10-14-5-3-4-8-22-14/h3-9,11,13,16-18H,10,12H2,1-2H3,(H,24,27)/t16-,17+,18-,21-/m1/s1. The van der Waals surface area contributed by atoms with Gasteiger partial charge in [-0.1, -0.05) is 18.2 Å². The van der Waals surface area contributed by atoms with E-state index in [1.807, 2.05) is 44.2 Å². The maximum absolute atomic E-state index is 13.2.